The Labute approximate surface area is 162 Å². The van der Waals surface area contributed by atoms with E-state index in [4.69, 9.17) is 34.8 Å². The molecule has 2 amide bonds. The Balaban J connectivity index is 1.89. The number of carbonyl (C=O) groups excluding carboxylic acids is 2. The number of halogens is 4. The molecule has 0 spiro atoms. The van der Waals surface area contributed by atoms with Crippen LogP contribution in [0.15, 0.2) is 41.3 Å². The standard InChI is InChI=1S/C17H9Cl3FNO2S/c18-10-5-4-9(13(20)6-10)8-22-16(23)15(25-17(22)24)7-11-12(19)2-1-3-14(11)21/h1-7H,8H2/b15-7-. The lowest BCUT2D eigenvalue weighted by atomic mass is 10.2. The van der Waals surface area contributed by atoms with Crippen LogP contribution >= 0.6 is 46.6 Å². The quantitative estimate of drug-likeness (QED) is 0.574. The van der Waals surface area contributed by atoms with Crippen molar-refractivity contribution in [3.63, 3.8) is 0 Å². The molecule has 0 N–H and O–H groups in total. The number of amides is 2. The van der Waals surface area contributed by atoms with E-state index in [-0.39, 0.29) is 22.0 Å². The van der Waals surface area contributed by atoms with Crippen LogP contribution in [0.1, 0.15) is 11.1 Å². The van der Waals surface area contributed by atoms with E-state index in [0.717, 1.165) is 16.7 Å². The monoisotopic (exact) mass is 415 g/mol. The van der Waals surface area contributed by atoms with Crippen LogP contribution in [0, 0.1) is 5.82 Å². The van der Waals surface area contributed by atoms with Gasteiger partial charge >= 0.3 is 0 Å². The molecule has 25 heavy (non-hydrogen) atoms. The van der Waals surface area contributed by atoms with E-state index in [1.165, 1.54) is 30.3 Å². The van der Waals surface area contributed by atoms with Gasteiger partial charge in [0.15, 0.2) is 0 Å². The molecule has 1 aliphatic rings. The maximum absolute atomic E-state index is 13.9. The molecule has 0 radical (unpaired) electrons. The number of rotatable bonds is 3. The van der Waals surface area contributed by atoms with Gasteiger partial charge in [0.05, 0.1) is 16.5 Å². The van der Waals surface area contributed by atoms with Crippen molar-refractivity contribution in [2.75, 3.05) is 0 Å². The maximum atomic E-state index is 13.9. The number of hydrogen-bond acceptors (Lipinski definition) is 3. The summed E-state index contributed by atoms with van der Waals surface area (Å²) >= 11 is 18.6. The fraction of sp³-hybridized carbons (Fsp3) is 0.0588. The molecule has 8 heteroatoms. The number of carbonyl (C=O) groups is 2. The fourth-order valence-electron chi connectivity index (χ4n) is 2.24. The third kappa shape index (κ3) is 3.85. The van der Waals surface area contributed by atoms with Crippen LogP contribution in [-0.4, -0.2) is 16.0 Å². The maximum Gasteiger partial charge on any atom is 0.293 e. The molecule has 1 fully saturated rings. The van der Waals surface area contributed by atoms with E-state index in [9.17, 15) is 14.0 Å². The van der Waals surface area contributed by atoms with Crippen LogP contribution in [0.2, 0.25) is 15.1 Å². The summed E-state index contributed by atoms with van der Waals surface area (Å²) in [6.45, 7) is 0.00299. The Bertz CT molecular complexity index is 897. The van der Waals surface area contributed by atoms with Gasteiger partial charge in [-0.3, -0.25) is 14.5 Å². The first-order valence-electron chi connectivity index (χ1n) is 7.00. The summed E-state index contributed by atoms with van der Waals surface area (Å²) in [5.41, 5.74) is 0.651. The second kappa shape index (κ2) is 7.38. The second-order valence-corrected chi connectivity index (χ2v) is 7.38. The van der Waals surface area contributed by atoms with Gasteiger partial charge in [0.1, 0.15) is 5.82 Å². The average Bonchev–Trinajstić information content (AvgIpc) is 2.81. The van der Waals surface area contributed by atoms with Gasteiger partial charge in [-0.2, -0.15) is 0 Å². The Morgan fingerprint density at radius 1 is 1.08 bits per heavy atom. The molecule has 0 atom stereocenters. The van der Waals surface area contributed by atoms with Gasteiger partial charge in [0.25, 0.3) is 11.1 Å². The lowest BCUT2D eigenvalue weighted by molar-refractivity contribution is -0.123. The van der Waals surface area contributed by atoms with Gasteiger partial charge in [-0.25, -0.2) is 4.39 Å². The Hall–Kier alpha value is -1.53. The third-order valence-electron chi connectivity index (χ3n) is 3.49. The minimum absolute atomic E-state index is 0.00299. The number of hydrogen-bond donors (Lipinski definition) is 0. The first-order valence-corrected chi connectivity index (χ1v) is 8.95. The number of benzene rings is 2. The van der Waals surface area contributed by atoms with Crippen molar-refractivity contribution in [1.82, 2.24) is 4.90 Å². The molecule has 2 aromatic rings. The predicted molar refractivity (Wildman–Crippen MR) is 99.4 cm³/mol. The summed E-state index contributed by atoms with van der Waals surface area (Å²) in [7, 11) is 0. The van der Waals surface area contributed by atoms with Crippen molar-refractivity contribution in [1.29, 1.82) is 0 Å². The molecule has 1 aliphatic heterocycles. The molecule has 2 aromatic carbocycles. The smallest absolute Gasteiger partial charge is 0.268 e. The average molecular weight is 417 g/mol. The first kappa shape index (κ1) is 18.3. The van der Waals surface area contributed by atoms with Crippen LogP contribution in [0.4, 0.5) is 9.18 Å². The Morgan fingerprint density at radius 2 is 1.84 bits per heavy atom. The molecule has 3 rings (SSSR count). The van der Waals surface area contributed by atoms with Gasteiger partial charge in [-0.15, -0.1) is 0 Å². The van der Waals surface area contributed by atoms with Gasteiger partial charge in [0, 0.05) is 15.6 Å². The highest BCUT2D eigenvalue weighted by molar-refractivity contribution is 8.18. The van der Waals surface area contributed by atoms with Crippen LogP contribution in [0.3, 0.4) is 0 Å². The summed E-state index contributed by atoms with van der Waals surface area (Å²) in [6.07, 6.45) is 1.28. The van der Waals surface area contributed by atoms with Gasteiger partial charge in [-0.1, -0.05) is 46.9 Å². The van der Waals surface area contributed by atoms with Crippen molar-refractivity contribution in [2.24, 2.45) is 0 Å². The lowest BCUT2D eigenvalue weighted by Crippen LogP contribution is -2.27. The molecule has 1 saturated heterocycles. The van der Waals surface area contributed by atoms with E-state index in [1.54, 1.807) is 12.1 Å². The molecule has 0 aromatic heterocycles. The van der Waals surface area contributed by atoms with E-state index in [0.29, 0.717) is 15.6 Å². The van der Waals surface area contributed by atoms with Crippen LogP contribution < -0.4 is 0 Å². The van der Waals surface area contributed by atoms with E-state index in [1.807, 2.05) is 0 Å². The number of thioether (sulfide) groups is 1. The van der Waals surface area contributed by atoms with E-state index >= 15 is 0 Å². The zero-order chi connectivity index (χ0) is 18.1. The summed E-state index contributed by atoms with van der Waals surface area (Å²) in [5.74, 6) is -1.10. The van der Waals surface area contributed by atoms with Crippen LogP contribution in [0.25, 0.3) is 6.08 Å². The summed E-state index contributed by atoms with van der Waals surface area (Å²) < 4.78 is 13.9. The minimum Gasteiger partial charge on any atom is -0.268 e. The zero-order valence-electron chi connectivity index (χ0n) is 12.4. The number of nitrogens with zero attached hydrogens (tertiary/aromatic N) is 1. The van der Waals surface area contributed by atoms with Crippen molar-refractivity contribution in [3.05, 3.63) is 73.3 Å². The van der Waals surface area contributed by atoms with E-state index < -0.39 is 17.0 Å². The van der Waals surface area contributed by atoms with Crippen molar-refractivity contribution in [2.45, 2.75) is 6.54 Å². The molecule has 0 bridgehead atoms. The molecule has 0 unspecified atom stereocenters. The normalized spacial score (nSPS) is 16.2. The first-order chi connectivity index (χ1) is 11.9. The highest BCUT2D eigenvalue weighted by atomic mass is 35.5. The SMILES string of the molecule is O=C1S/C(=C\c2c(F)cccc2Cl)C(=O)N1Cc1ccc(Cl)cc1Cl. The molecule has 1 heterocycles. The summed E-state index contributed by atoms with van der Waals surface area (Å²) in [4.78, 5) is 25.8. The van der Waals surface area contributed by atoms with Gasteiger partial charge in [0.2, 0.25) is 0 Å². The Morgan fingerprint density at radius 3 is 2.52 bits per heavy atom. The molecule has 0 saturated carbocycles. The largest absolute Gasteiger partial charge is 0.293 e. The van der Waals surface area contributed by atoms with Crippen molar-refractivity contribution < 1.29 is 14.0 Å². The highest BCUT2D eigenvalue weighted by Crippen LogP contribution is 2.35. The zero-order valence-corrected chi connectivity index (χ0v) is 15.5. The van der Waals surface area contributed by atoms with Gasteiger partial charge in [-0.05, 0) is 47.7 Å². The van der Waals surface area contributed by atoms with Crippen LogP contribution in [-0.2, 0) is 11.3 Å². The van der Waals surface area contributed by atoms with Crippen molar-refractivity contribution >= 4 is 63.8 Å². The molecule has 128 valence electrons. The second-order valence-electron chi connectivity index (χ2n) is 5.14. The lowest BCUT2D eigenvalue weighted by Gasteiger charge is -2.13. The predicted octanol–water partition coefficient (Wildman–Crippen LogP) is 6.02. The number of imide groups is 1. The van der Waals surface area contributed by atoms with Gasteiger partial charge < -0.3 is 0 Å². The van der Waals surface area contributed by atoms with E-state index in [2.05, 4.69) is 0 Å². The van der Waals surface area contributed by atoms with Crippen molar-refractivity contribution in [3.8, 4) is 0 Å². The molecule has 0 aliphatic carbocycles. The minimum atomic E-state index is -0.569. The Kier molecular flexibility index (Phi) is 5.39. The van der Waals surface area contributed by atoms with Crippen LogP contribution in [0.5, 0.6) is 0 Å². The highest BCUT2D eigenvalue weighted by Gasteiger charge is 2.35. The topological polar surface area (TPSA) is 37.4 Å². The molecule has 3 nitrogen and oxygen atoms in total. The summed E-state index contributed by atoms with van der Waals surface area (Å²) in [6, 6.07) is 9.00. The molecular weight excluding hydrogens is 408 g/mol. The fourth-order valence-corrected chi connectivity index (χ4v) is 3.74. The molecular formula is C17H9Cl3FNO2S. The third-order valence-corrected chi connectivity index (χ3v) is 5.32. The summed E-state index contributed by atoms with van der Waals surface area (Å²) in [5, 5.41) is 0.506.